The second kappa shape index (κ2) is 9.82. The first kappa shape index (κ1) is 23.7. The Hall–Kier alpha value is -3.44. The van der Waals surface area contributed by atoms with Crippen molar-refractivity contribution in [3.63, 3.8) is 0 Å². The van der Waals surface area contributed by atoms with Gasteiger partial charge in [-0.15, -0.1) is 0 Å². The van der Waals surface area contributed by atoms with Gasteiger partial charge in [-0.05, 0) is 69.3 Å². The topological polar surface area (TPSA) is 108 Å². The molecule has 2 aromatic carbocycles. The first-order chi connectivity index (χ1) is 16.2. The Morgan fingerprint density at radius 3 is 2.47 bits per heavy atom. The molecule has 0 saturated heterocycles. The summed E-state index contributed by atoms with van der Waals surface area (Å²) < 4.78 is 42.1. The highest BCUT2D eigenvalue weighted by Gasteiger charge is 2.20. The molecule has 0 saturated carbocycles. The molecule has 0 aliphatic heterocycles. The van der Waals surface area contributed by atoms with E-state index in [1.807, 2.05) is 19.9 Å². The van der Waals surface area contributed by atoms with E-state index in [2.05, 4.69) is 35.7 Å². The van der Waals surface area contributed by atoms with Gasteiger partial charge in [-0.25, -0.2) is 23.1 Å². The summed E-state index contributed by atoms with van der Waals surface area (Å²) in [5, 5.41) is 4.42. The summed E-state index contributed by atoms with van der Waals surface area (Å²) in [6.07, 6.45) is 1.40. The molecule has 0 aliphatic carbocycles. The van der Waals surface area contributed by atoms with Gasteiger partial charge in [0.25, 0.3) is 10.0 Å². The van der Waals surface area contributed by atoms with Crippen LogP contribution in [0, 0.1) is 13.8 Å². The highest BCUT2D eigenvalue weighted by Crippen LogP contribution is 2.30. The van der Waals surface area contributed by atoms with Crippen LogP contribution in [0.15, 0.2) is 70.3 Å². The smallest absolute Gasteiger partial charge is 0.265 e. The predicted molar refractivity (Wildman–Crippen MR) is 131 cm³/mol. The minimum atomic E-state index is -3.87. The number of nitrogens with one attached hydrogen (secondary N) is 1. The zero-order valence-electron chi connectivity index (χ0n) is 18.7. The van der Waals surface area contributed by atoms with Crippen molar-refractivity contribution in [3.05, 3.63) is 76.8 Å². The fourth-order valence-corrected chi connectivity index (χ4v) is 4.99. The first-order valence-corrected chi connectivity index (χ1v) is 12.6. The summed E-state index contributed by atoms with van der Waals surface area (Å²) in [5.74, 6) is 1.68. The second-order valence-corrected chi connectivity index (χ2v) is 9.88. The fourth-order valence-electron chi connectivity index (χ4n) is 3.25. The van der Waals surface area contributed by atoms with Crippen molar-refractivity contribution < 1.29 is 17.9 Å². The number of sulfonamides is 1. The molecule has 11 heteroatoms. The number of halogens is 1. The summed E-state index contributed by atoms with van der Waals surface area (Å²) in [4.78, 5) is 8.45. The van der Waals surface area contributed by atoms with Crippen LogP contribution in [0.5, 0.6) is 17.4 Å². The molecular formula is C23H22BrN5O4S. The van der Waals surface area contributed by atoms with Crippen molar-refractivity contribution in [3.8, 4) is 23.2 Å². The molecule has 0 spiro atoms. The molecule has 1 N–H and O–H groups in total. The molecule has 4 aromatic rings. The third-order valence-electron chi connectivity index (χ3n) is 4.68. The van der Waals surface area contributed by atoms with Gasteiger partial charge in [0, 0.05) is 21.9 Å². The highest BCUT2D eigenvalue weighted by molar-refractivity contribution is 9.10. The number of aryl methyl sites for hydroxylation is 2. The molecule has 0 atom stereocenters. The van der Waals surface area contributed by atoms with Crippen LogP contribution in [0.3, 0.4) is 0 Å². The van der Waals surface area contributed by atoms with E-state index in [9.17, 15) is 8.42 Å². The van der Waals surface area contributed by atoms with E-state index >= 15 is 0 Å². The van der Waals surface area contributed by atoms with Crippen LogP contribution < -0.4 is 14.2 Å². The largest absolute Gasteiger partial charge is 0.492 e. The summed E-state index contributed by atoms with van der Waals surface area (Å²) in [6, 6.07) is 15.0. The Bertz CT molecular complexity index is 1420. The third kappa shape index (κ3) is 5.37. The molecule has 0 fully saturated rings. The number of benzene rings is 2. The summed E-state index contributed by atoms with van der Waals surface area (Å²) in [6.45, 7) is 5.99. The number of ether oxygens (including phenoxy) is 2. The van der Waals surface area contributed by atoms with Crippen LogP contribution in [0.1, 0.15) is 18.3 Å². The number of hydrogen-bond donors (Lipinski definition) is 1. The Kier molecular flexibility index (Phi) is 6.85. The lowest BCUT2D eigenvalue weighted by Crippen LogP contribution is -2.14. The number of anilines is 1. The monoisotopic (exact) mass is 543 g/mol. The number of rotatable bonds is 8. The number of hydrogen-bond acceptors (Lipinski definition) is 7. The van der Waals surface area contributed by atoms with Crippen LogP contribution in [0.25, 0.3) is 5.82 Å². The van der Waals surface area contributed by atoms with Gasteiger partial charge in [-0.3, -0.25) is 4.72 Å². The van der Waals surface area contributed by atoms with E-state index in [1.165, 1.54) is 12.4 Å². The van der Waals surface area contributed by atoms with Crippen molar-refractivity contribution >= 4 is 31.6 Å². The van der Waals surface area contributed by atoms with Gasteiger partial charge in [-0.1, -0.05) is 15.9 Å². The molecule has 0 radical (unpaired) electrons. The van der Waals surface area contributed by atoms with E-state index in [1.54, 1.807) is 54.1 Å². The SMILES string of the molecule is CCOc1ccc(Br)cc1S(=O)(=O)Nc1ccc(Oc2cc(-n3nc(C)cc3C)ncn2)cc1. The summed E-state index contributed by atoms with van der Waals surface area (Å²) in [5.41, 5.74) is 2.20. The van der Waals surface area contributed by atoms with Crippen LogP contribution >= 0.6 is 15.9 Å². The van der Waals surface area contributed by atoms with Crippen molar-refractivity contribution in [1.82, 2.24) is 19.7 Å². The molecule has 4 rings (SSSR count). The maximum Gasteiger partial charge on any atom is 0.265 e. The minimum Gasteiger partial charge on any atom is -0.492 e. The van der Waals surface area contributed by atoms with Gasteiger partial charge >= 0.3 is 0 Å². The van der Waals surface area contributed by atoms with E-state index in [0.29, 0.717) is 34.2 Å². The zero-order chi connectivity index (χ0) is 24.3. The van der Waals surface area contributed by atoms with Crippen LogP contribution in [-0.4, -0.2) is 34.8 Å². The molecule has 9 nitrogen and oxygen atoms in total. The zero-order valence-corrected chi connectivity index (χ0v) is 21.1. The molecule has 0 aliphatic rings. The summed E-state index contributed by atoms with van der Waals surface area (Å²) >= 11 is 3.31. The molecular weight excluding hydrogens is 522 g/mol. The Morgan fingerprint density at radius 1 is 1.03 bits per heavy atom. The van der Waals surface area contributed by atoms with Crippen LogP contribution in [0.2, 0.25) is 0 Å². The van der Waals surface area contributed by atoms with Crippen molar-refractivity contribution in [2.24, 2.45) is 0 Å². The minimum absolute atomic E-state index is 0.0433. The molecule has 0 bridgehead atoms. The average molecular weight is 544 g/mol. The lowest BCUT2D eigenvalue weighted by molar-refractivity contribution is 0.331. The van der Waals surface area contributed by atoms with Crippen LogP contribution in [-0.2, 0) is 10.0 Å². The second-order valence-electron chi connectivity index (χ2n) is 7.31. The average Bonchev–Trinajstić information content (AvgIpc) is 3.14. The lowest BCUT2D eigenvalue weighted by Gasteiger charge is -2.13. The molecule has 2 heterocycles. The van der Waals surface area contributed by atoms with Crippen LogP contribution in [0.4, 0.5) is 5.69 Å². The highest BCUT2D eigenvalue weighted by atomic mass is 79.9. The van der Waals surface area contributed by atoms with Gasteiger partial charge in [0.05, 0.1) is 12.3 Å². The van der Waals surface area contributed by atoms with E-state index in [0.717, 1.165) is 11.4 Å². The Morgan fingerprint density at radius 2 is 1.79 bits per heavy atom. The van der Waals surface area contributed by atoms with E-state index < -0.39 is 10.0 Å². The molecule has 0 unspecified atom stereocenters. The van der Waals surface area contributed by atoms with Gasteiger partial charge in [0.15, 0.2) is 5.82 Å². The Balaban J connectivity index is 1.51. The van der Waals surface area contributed by atoms with Gasteiger partial charge in [-0.2, -0.15) is 5.10 Å². The van der Waals surface area contributed by atoms with Crippen molar-refractivity contribution in [2.45, 2.75) is 25.7 Å². The normalized spacial score (nSPS) is 11.3. The fraction of sp³-hybridized carbons (Fsp3) is 0.174. The van der Waals surface area contributed by atoms with Gasteiger partial charge in [0.1, 0.15) is 22.7 Å². The number of nitrogens with zero attached hydrogens (tertiary/aromatic N) is 4. The van der Waals surface area contributed by atoms with Crippen molar-refractivity contribution in [2.75, 3.05) is 11.3 Å². The third-order valence-corrected chi connectivity index (χ3v) is 6.57. The molecule has 34 heavy (non-hydrogen) atoms. The molecule has 176 valence electrons. The summed E-state index contributed by atoms with van der Waals surface area (Å²) in [7, 11) is -3.87. The van der Waals surface area contributed by atoms with E-state index in [-0.39, 0.29) is 10.6 Å². The predicted octanol–water partition coefficient (Wildman–Crippen LogP) is 5.03. The van der Waals surface area contributed by atoms with Gasteiger partial charge < -0.3 is 9.47 Å². The van der Waals surface area contributed by atoms with E-state index in [4.69, 9.17) is 9.47 Å². The standard InChI is InChI=1S/C23H22BrN5O4S/c1-4-32-20-10-5-17(24)12-21(20)34(30,31)28-18-6-8-19(9-7-18)33-23-13-22(25-14-26-23)29-16(3)11-15(2)27-29/h5-14,28H,4H2,1-3H3. The molecule has 0 amide bonds. The lowest BCUT2D eigenvalue weighted by atomic mass is 10.3. The quantitative estimate of drug-likeness (QED) is 0.331. The first-order valence-electron chi connectivity index (χ1n) is 10.3. The van der Waals surface area contributed by atoms with Gasteiger partial charge in [0.2, 0.25) is 5.88 Å². The number of aromatic nitrogens is 4. The van der Waals surface area contributed by atoms with Crippen molar-refractivity contribution in [1.29, 1.82) is 0 Å². The maximum atomic E-state index is 13.0. The Labute approximate surface area is 206 Å². The maximum absolute atomic E-state index is 13.0. The molecule has 2 aromatic heterocycles.